The van der Waals surface area contributed by atoms with Gasteiger partial charge in [0.15, 0.2) is 0 Å². The zero-order valence-electron chi connectivity index (χ0n) is 25.6. The lowest BCUT2D eigenvalue weighted by Crippen LogP contribution is -2.70. The maximum atomic E-state index is 13.5. The van der Waals surface area contributed by atoms with Crippen LogP contribution in [0, 0.1) is 11.3 Å². The van der Waals surface area contributed by atoms with Crippen LogP contribution in [0.3, 0.4) is 0 Å². The van der Waals surface area contributed by atoms with Gasteiger partial charge in [0.05, 0.1) is 10.7 Å². The standard InChI is InChI=1S/C32H44ClN5O5/c1-31(2,3)43-30(42)36-19-23-17-24(20-36)38(23)18-21-6-9-32(10-7-21)11-14-35(15-12-32)28(40)22-4-5-25(33)26(16-22)37-13-8-27(39)34-29(37)41/h4-5,16,21,23-24H,6-15,17-20H2,1-3H3,(H,34,39,41). The van der Waals surface area contributed by atoms with Crippen LogP contribution >= 0.6 is 11.6 Å². The van der Waals surface area contributed by atoms with Crippen molar-refractivity contribution < 1.29 is 23.9 Å². The monoisotopic (exact) mass is 613 g/mol. The largest absolute Gasteiger partial charge is 0.444 e. The maximum Gasteiger partial charge on any atom is 0.410 e. The van der Waals surface area contributed by atoms with Crippen LogP contribution in [0.15, 0.2) is 18.2 Å². The number of piperidine rings is 2. The Bertz CT molecular complexity index is 1270. The molecule has 1 N–H and O–H groups in total. The molecule has 1 aromatic rings. The summed E-state index contributed by atoms with van der Waals surface area (Å²) in [6.45, 7) is 10.1. The van der Waals surface area contributed by atoms with Gasteiger partial charge in [0.25, 0.3) is 5.91 Å². The number of imide groups is 1. The highest BCUT2D eigenvalue weighted by Crippen LogP contribution is 2.47. The first-order valence-corrected chi connectivity index (χ1v) is 16.2. The van der Waals surface area contributed by atoms with Crippen LogP contribution < -0.4 is 10.2 Å². The predicted octanol–water partition coefficient (Wildman–Crippen LogP) is 4.89. The van der Waals surface area contributed by atoms with Gasteiger partial charge in [-0.25, -0.2) is 9.59 Å². The van der Waals surface area contributed by atoms with Gasteiger partial charge in [-0.15, -0.1) is 0 Å². The Labute approximate surface area is 259 Å². The van der Waals surface area contributed by atoms with E-state index >= 15 is 0 Å². The summed E-state index contributed by atoms with van der Waals surface area (Å²) in [6.07, 6.45) is 8.09. The van der Waals surface area contributed by atoms with E-state index in [4.69, 9.17) is 16.3 Å². The average Bonchev–Trinajstić information content (AvgIpc) is 2.97. The van der Waals surface area contributed by atoms with E-state index in [-0.39, 0.29) is 30.9 Å². The molecule has 1 aromatic carbocycles. The number of amides is 5. The van der Waals surface area contributed by atoms with Crippen LogP contribution in [-0.2, 0) is 9.53 Å². The van der Waals surface area contributed by atoms with E-state index in [9.17, 15) is 19.2 Å². The number of anilines is 1. The number of likely N-dealkylation sites (tertiary alicyclic amines) is 1. The molecule has 5 heterocycles. The number of carbonyl (C=O) groups excluding carboxylic acids is 4. The van der Waals surface area contributed by atoms with Gasteiger partial charge >= 0.3 is 12.1 Å². The summed E-state index contributed by atoms with van der Waals surface area (Å²) < 4.78 is 5.60. The first-order chi connectivity index (χ1) is 20.4. The molecule has 11 heteroatoms. The zero-order valence-corrected chi connectivity index (χ0v) is 26.3. The summed E-state index contributed by atoms with van der Waals surface area (Å²) in [6, 6.07) is 5.44. The minimum atomic E-state index is -0.515. The molecule has 1 saturated carbocycles. The predicted molar refractivity (Wildman–Crippen MR) is 163 cm³/mol. The third kappa shape index (κ3) is 6.36. The van der Waals surface area contributed by atoms with Crippen molar-refractivity contribution in [3.8, 4) is 0 Å². The van der Waals surface area contributed by atoms with E-state index in [0.717, 1.165) is 45.6 Å². The van der Waals surface area contributed by atoms with E-state index in [1.54, 1.807) is 18.2 Å². The molecule has 2 unspecified atom stereocenters. The summed E-state index contributed by atoms with van der Waals surface area (Å²) in [7, 11) is 0. The third-order valence-corrected chi connectivity index (χ3v) is 10.6. The quantitative estimate of drug-likeness (QED) is 0.519. The van der Waals surface area contributed by atoms with E-state index in [2.05, 4.69) is 10.2 Å². The van der Waals surface area contributed by atoms with Crippen LogP contribution in [-0.4, -0.2) is 95.6 Å². The first kappa shape index (κ1) is 30.2. The van der Waals surface area contributed by atoms with Gasteiger partial charge < -0.3 is 14.5 Å². The highest BCUT2D eigenvalue weighted by atomic mass is 35.5. The molecular formula is C32H44ClN5O5. The average molecular weight is 614 g/mol. The van der Waals surface area contributed by atoms with E-state index in [1.165, 1.54) is 37.0 Å². The van der Waals surface area contributed by atoms with Crippen molar-refractivity contribution in [2.24, 2.45) is 11.3 Å². The number of piperazine rings is 1. The molecule has 10 nitrogen and oxygen atoms in total. The molecule has 5 amide bonds. The fraction of sp³-hybridized carbons (Fsp3) is 0.688. The zero-order chi connectivity index (χ0) is 30.5. The second-order valence-corrected chi connectivity index (χ2v) is 14.7. The Kier molecular flexibility index (Phi) is 8.13. The number of benzene rings is 1. The van der Waals surface area contributed by atoms with Crippen molar-refractivity contribution in [1.29, 1.82) is 0 Å². The van der Waals surface area contributed by atoms with Crippen molar-refractivity contribution in [2.75, 3.05) is 44.2 Å². The number of rotatable bonds is 4. The molecule has 0 radical (unpaired) electrons. The summed E-state index contributed by atoms with van der Waals surface area (Å²) in [5, 5.41) is 2.69. The minimum absolute atomic E-state index is 0.0419. The van der Waals surface area contributed by atoms with Crippen molar-refractivity contribution in [3.05, 3.63) is 28.8 Å². The van der Waals surface area contributed by atoms with Crippen LogP contribution in [0.5, 0.6) is 0 Å². The summed E-state index contributed by atoms with van der Waals surface area (Å²) in [5.41, 5.74) is 0.812. The van der Waals surface area contributed by atoms with Gasteiger partial charge in [0.2, 0.25) is 5.91 Å². The maximum absolute atomic E-state index is 13.5. The third-order valence-electron chi connectivity index (χ3n) is 10.3. The van der Waals surface area contributed by atoms with E-state index < -0.39 is 11.6 Å². The number of ether oxygens (including phenoxy) is 1. The van der Waals surface area contributed by atoms with Crippen molar-refractivity contribution in [3.63, 3.8) is 0 Å². The number of carbonyl (C=O) groups is 4. The van der Waals surface area contributed by atoms with Gasteiger partial charge in [0.1, 0.15) is 5.60 Å². The highest BCUT2D eigenvalue weighted by molar-refractivity contribution is 6.34. The van der Waals surface area contributed by atoms with Gasteiger partial charge in [-0.3, -0.25) is 24.7 Å². The molecule has 234 valence electrons. The molecule has 5 saturated heterocycles. The highest BCUT2D eigenvalue weighted by Gasteiger charge is 2.48. The Morgan fingerprint density at radius 3 is 2.30 bits per heavy atom. The lowest BCUT2D eigenvalue weighted by atomic mass is 9.65. The topological polar surface area (TPSA) is 102 Å². The number of hydrogen-bond donors (Lipinski definition) is 1. The van der Waals surface area contributed by atoms with Crippen molar-refractivity contribution in [2.45, 2.75) is 89.8 Å². The Hall–Kier alpha value is -2.85. The Balaban J connectivity index is 0.976. The summed E-state index contributed by atoms with van der Waals surface area (Å²) in [5.74, 6) is 0.341. The molecule has 7 rings (SSSR count). The number of halogens is 1. The van der Waals surface area contributed by atoms with Gasteiger partial charge in [0, 0.05) is 63.3 Å². The SMILES string of the molecule is CC(C)(C)OC(=O)N1CC2CC(C1)N2CC1CCC2(CC1)CCN(C(=O)c1ccc(Cl)c(N3CCC(=O)NC3=O)c1)CC2. The Morgan fingerprint density at radius 2 is 1.67 bits per heavy atom. The minimum Gasteiger partial charge on any atom is -0.444 e. The van der Waals surface area contributed by atoms with Gasteiger partial charge in [-0.05, 0) is 95.2 Å². The van der Waals surface area contributed by atoms with Crippen LogP contribution in [0.1, 0.15) is 82.5 Å². The molecular weight excluding hydrogens is 570 g/mol. The lowest BCUT2D eigenvalue weighted by molar-refractivity contribution is -0.120. The van der Waals surface area contributed by atoms with E-state index in [1.807, 2.05) is 30.6 Å². The summed E-state index contributed by atoms with van der Waals surface area (Å²) >= 11 is 6.39. The van der Waals surface area contributed by atoms with Crippen molar-refractivity contribution >= 4 is 41.2 Å². The number of nitrogens with zero attached hydrogens (tertiary/aromatic N) is 4. The molecule has 6 fully saturated rings. The number of hydrogen-bond acceptors (Lipinski definition) is 6. The fourth-order valence-electron chi connectivity index (χ4n) is 7.74. The van der Waals surface area contributed by atoms with Gasteiger partial charge in [-0.2, -0.15) is 0 Å². The lowest BCUT2D eigenvalue weighted by Gasteiger charge is -2.57. The number of nitrogens with one attached hydrogen (secondary N) is 1. The van der Waals surface area contributed by atoms with E-state index in [0.29, 0.717) is 39.7 Å². The number of fused-ring (bicyclic) bond motifs is 2. The van der Waals surface area contributed by atoms with Crippen LogP contribution in [0.2, 0.25) is 5.02 Å². The smallest absolute Gasteiger partial charge is 0.410 e. The van der Waals surface area contributed by atoms with Crippen LogP contribution in [0.4, 0.5) is 15.3 Å². The van der Waals surface area contributed by atoms with Crippen LogP contribution in [0.25, 0.3) is 0 Å². The molecule has 43 heavy (non-hydrogen) atoms. The molecule has 0 aromatic heterocycles. The second-order valence-electron chi connectivity index (χ2n) is 14.3. The van der Waals surface area contributed by atoms with Crippen molar-refractivity contribution in [1.82, 2.24) is 20.0 Å². The van der Waals surface area contributed by atoms with Gasteiger partial charge in [-0.1, -0.05) is 11.6 Å². The first-order valence-electron chi connectivity index (χ1n) is 15.8. The molecule has 1 aliphatic carbocycles. The molecule has 5 aliphatic heterocycles. The molecule has 1 spiro atoms. The number of urea groups is 1. The molecule has 6 aliphatic rings. The summed E-state index contributed by atoms with van der Waals surface area (Å²) in [4.78, 5) is 57.8. The molecule has 2 bridgehead atoms. The second kappa shape index (κ2) is 11.6. The normalized spacial score (nSPS) is 26.3. The fourth-order valence-corrected chi connectivity index (χ4v) is 7.96. The Morgan fingerprint density at radius 1 is 1.00 bits per heavy atom. The molecule has 2 atom stereocenters.